The molecule has 20 heavy (non-hydrogen) atoms. The largest absolute Gasteiger partial charge is 0.485 e. The Kier molecular flexibility index (Phi) is 2.98. The van der Waals surface area contributed by atoms with Crippen molar-refractivity contribution in [3.8, 4) is 11.5 Å². The number of para-hydroxylation sites is 1. The standard InChI is InChI=1S/C14H10FNO4/c15-9-4-8(5-16-6-9)12-7-19-13-10(14(17)18)2-1-3-11(13)20-12/h1-6,12H,7H2,(H,17,18). The summed E-state index contributed by atoms with van der Waals surface area (Å²) in [5.41, 5.74) is 0.578. The van der Waals surface area contributed by atoms with Crippen LogP contribution in [0.3, 0.4) is 0 Å². The molecule has 0 saturated heterocycles. The Labute approximate surface area is 113 Å². The first-order valence-corrected chi connectivity index (χ1v) is 5.91. The molecule has 1 atom stereocenters. The van der Waals surface area contributed by atoms with Gasteiger partial charge in [-0.2, -0.15) is 0 Å². The number of fused-ring (bicyclic) bond motifs is 1. The second-order valence-corrected chi connectivity index (χ2v) is 4.29. The lowest BCUT2D eigenvalue weighted by atomic mass is 10.1. The van der Waals surface area contributed by atoms with Gasteiger partial charge in [0.1, 0.15) is 18.0 Å². The lowest BCUT2D eigenvalue weighted by Crippen LogP contribution is -2.23. The number of aromatic nitrogens is 1. The maximum atomic E-state index is 13.2. The first kappa shape index (κ1) is 12.4. The van der Waals surface area contributed by atoms with Gasteiger partial charge in [0.2, 0.25) is 0 Å². The van der Waals surface area contributed by atoms with Crippen LogP contribution in [0.25, 0.3) is 0 Å². The first-order chi connectivity index (χ1) is 9.65. The molecule has 1 aliphatic rings. The Morgan fingerprint density at radius 3 is 3.00 bits per heavy atom. The number of hydrogen-bond acceptors (Lipinski definition) is 4. The zero-order valence-electron chi connectivity index (χ0n) is 10.2. The van der Waals surface area contributed by atoms with Crippen LogP contribution in [0.2, 0.25) is 0 Å². The van der Waals surface area contributed by atoms with Crippen molar-refractivity contribution in [1.29, 1.82) is 0 Å². The van der Waals surface area contributed by atoms with Crippen molar-refractivity contribution in [3.05, 3.63) is 53.6 Å². The molecule has 0 amide bonds. The fourth-order valence-corrected chi connectivity index (χ4v) is 2.04. The van der Waals surface area contributed by atoms with Gasteiger partial charge >= 0.3 is 5.97 Å². The number of carbonyl (C=O) groups is 1. The molecule has 1 N–H and O–H groups in total. The van der Waals surface area contributed by atoms with Crippen molar-refractivity contribution in [1.82, 2.24) is 4.98 Å². The van der Waals surface area contributed by atoms with Crippen LogP contribution in [-0.4, -0.2) is 22.7 Å². The number of aromatic carboxylic acids is 1. The molecule has 0 aliphatic carbocycles. The minimum Gasteiger partial charge on any atom is -0.485 e. The van der Waals surface area contributed by atoms with E-state index in [0.717, 1.165) is 6.20 Å². The highest BCUT2D eigenvalue weighted by Crippen LogP contribution is 2.38. The minimum absolute atomic E-state index is 0.0401. The zero-order chi connectivity index (χ0) is 14.1. The molecule has 3 rings (SSSR count). The Morgan fingerprint density at radius 1 is 1.40 bits per heavy atom. The molecule has 6 heteroatoms. The third-order valence-corrected chi connectivity index (χ3v) is 2.96. The summed E-state index contributed by atoms with van der Waals surface area (Å²) >= 11 is 0. The molecule has 0 spiro atoms. The molecular formula is C14H10FNO4. The molecule has 2 aromatic rings. The van der Waals surface area contributed by atoms with Crippen molar-refractivity contribution in [2.45, 2.75) is 6.10 Å². The normalized spacial score (nSPS) is 16.8. The van der Waals surface area contributed by atoms with E-state index in [1.54, 1.807) is 12.1 Å². The third-order valence-electron chi connectivity index (χ3n) is 2.96. The smallest absolute Gasteiger partial charge is 0.339 e. The summed E-state index contributed by atoms with van der Waals surface area (Å²) in [6, 6.07) is 5.93. The summed E-state index contributed by atoms with van der Waals surface area (Å²) < 4.78 is 24.3. The number of rotatable bonds is 2. The summed E-state index contributed by atoms with van der Waals surface area (Å²) in [6.45, 7) is 0.0996. The highest BCUT2D eigenvalue weighted by atomic mass is 19.1. The quantitative estimate of drug-likeness (QED) is 0.911. The Hall–Kier alpha value is -2.63. The molecule has 0 saturated carbocycles. The highest BCUT2D eigenvalue weighted by molar-refractivity contribution is 5.92. The maximum Gasteiger partial charge on any atom is 0.339 e. The van der Waals surface area contributed by atoms with Crippen molar-refractivity contribution >= 4 is 5.97 Å². The van der Waals surface area contributed by atoms with Gasteiger partial charge in [0, 0.05) is 11.8 Å². The van der Waals surface area contributed by atoms with E-state index in [0.29, 0.717) is 11.3 Å². The van der Waals surface area contributed by atoms with Crippen LogP contribution in [0.4, 0.5) is 4.39 Å². The van der Waals surface area contributed by atoms with E-state index >= 15 is 0 Å². The predicted molar refractivity (Wildman–Crippen MR) is 66.5 cm³/mol. The van der Waals surface area contributed by atoms with Gasteiger partial charge in [0.25, 0.3) is 0 Å². The average molecular weight is 275 g/mol. The number of ether oxygens (including phenoxy) is 2. The van der Waals surface area contributed by atoms with Crippen LogP contribution in [0.1, 0.15) is 22.0 Å². The summed E-state index contributed by atoms with van der Waals surface area (Å²) in [5.74, 6) is -1.03. The fourth-order valence-electron chi connectivity index (χ4n) is 2.04. The van der Waals surface area contributed by atoms with Crippen LogP contribution >= 0.6 is 0 Å². The van der Waals surface area contributed by atoms with E-state index in [1.807, 2.05) is 0 Å². The van der Waals surface area contributed by atoms with E-state index in [4.69, 9.17) is 14.6 Å². The Bertz CT molecular complexity index is 674. The number of carboxylic acid groups (broad SMARTS) is 1. The number of nitrogens with zero attached hydrogens (tertiary/aromatic N) is 1. The number of benzene rings is 1. The van der Waals surface area contributed by atoms with Crippen LogP contribution in [0.5, 0.6) is 11.5 Å². The third kappa shape index (κ3) is 2.16. The van der Waals surface area contributed by atoms with Crippen LogP contribution in [-0.2, 0) is 0 Å². The zero-order valence-corrected chi connectivity index (χ0v) is 10.2. The average Bonchev–Trinajstić information content (AvgIpc) is 2.46. The molecule has 0 radical (unpaired) electrons. The molecule has 1 aromatic carbocycles. The van der Waals surface area contributed by atoms with E-state index in [9.17, 15) is 9.18 Å². The number of pyridine rings is 1. The second kappa shape index (κ2) is 4.80. The van der Waals surface area contributed by atoms with Crippen LogP contribution < -0.4 is 9.47 Å². The molecule has 102 valence electrons. The first-order valence-electron chi connectivity index (χ1n) is 5.91. The highest BCUT2D eigenvalue weighted by Gasteiger charge is 2.27. The molecular weight excluding hydrogens is 265 g/mol. The molecule has 0 fully saturated rings. The fraction of sp³-hybridized carbons (Fsp3) is 0.143. The van der Waals surface area contributed by atoms with Gasteiger partial charge in [-0.05, 0) is 18.2 Å². The van der Waals surface area contributed by atoms with Gasteiger partial charge in [-0.3, -0.25) is 4.98 Å². The lowest BCUT2D eigenvalue weighted by Gasteiger charge is -2.27. The molecule has 1 aliphatic heterocycles. The predicted octanol–water partition coefficient (Wildman–Crippen LogP) is 2.43. The van der Waals surface area contributed by atoms with Gasteiger partial charge in [-0.1, -0.05) is 6.07 Å². The second-order valence-electron chi connectivity index (χ2n) is 4.29. The van der Waals surface area contributed by atoms with Crippen molar-refractivity contribution in [2.75, 3.05) is 6.61 Å². The number of carboxylic acids is 1. The topological polar surface area (TPSA) is 68.7 Å². The summed E-state index contributed by atoms with van der Waals surface area (Å²) in [6.07, 6.45) is 2.07. The molecule has 2 heterocycles. The number of halogens is 1. The Balaban J connectivity index is 1.93. The van der Waals surface area contributed by atoms with E-state index < -0.39 is 17.9 Å². The summed E-state index contributed by atoms with van der Waals surface area (Å²) in [4.78, 5) is 14.8. The van der Waals surface area contributed by atoms with Gasteiger partial charge in [-0.25, -0.2) is 9.18 Å². The molecule has 5 nitrogen and oxygen atoms in total. The maximum absolute atomic E-state index is 13.2. The monoisotopic (exact) mass is 275 g/mol. The van der Waals surface area contributed by atoms with Crippen LogP contribution in [0.15, 0.2) is 36.7 Å². The minimum atomic E-state index is -1.09. The summed E-state index contributed by atoms with van der Waals surface area (Å²) in [7, 11) is 0. The molecule has 1 unspecified atom stereocenters. The number of hydrogen-bond donors (Lipinski definition) is 1. The van der Waals surface area contributed by atoms with Gasteiger partial charge in [0.05, 0.1) is 6.20 Å². The van der Waals surface area contributed by atoms with E-state index in [2.05, 4.69) is 4.98 Å². The summed E-state index contributed by atoms with van der Waals surface area (Å²) in [5, 5.41) is 9.07. The van der Waals surface area contributed by atoms with Crippen molar-refractivity contribution < 1.29 is 23.8 Å². The SMILES string of the molecule is O=C(O)c1cccc2c1OCC(c1cncc(F)c1)O2. The molecule has 1 aromatic heterocycles. The van der Waals surface area contributed by atoms with Gasteiger partial charge in [-0.15, -0.1) is 0 Å². The van der Waals surface area contributed by atoms with Crippen molar-refractivity contribution in [3.63, 3.8) is 0 Å². The van der Waals surface area contributed by atoms with Gasteiger partial charge in [0.15, 0.2) is 17.6 Å². The van der Waals surface area contributed by atoms with Crippen molar-refractivity contribution in [2.24, 2.45) is 0 Å². The molecule has 0 bridgehead atoms. The van der Waals surface area contributed by atoms with E-state index in [1.165, 1.54) is 18.3 Å². The Morgan fingerprint density at radius 2 is 2.25 bits per heavy atom. The van der Waals surface area contributed by atoms with E-state index in [-0.39, 0.29) is 17.9 Å². The van der Waals surface area contributed by atoms with Gasteiger partial charge < -0.3 is 14.6 Å². The van der Waals surface area contributed by atoms with Crippen LogP contribution in [0, 0.1) is 5.82 Å². The lowest BCUT2D eigenvalue weighted by molar-refractivity contribution is 0.0659.